The SMILES string of the molecule is CCOc1cc(-c2cnc(N)s2)ccc1OC(F)F. The maximum Gasteiger partial charge on any atom is 0.387 e. The normalized spacial score (nSPS) is 10.7. The molecular weight excluding hydrogens is 274 g/mol. The largest absolute Gasteiger partial charge is 0.490 e. The van der Waals surface area contributed by atoms with E-state index >= 15 is 0 Å². The van der Waals surface area contributed by atoms with Gasteiger partial charge in [-0.05, 0) is 30.7 Å². The van der Waals surface area contributed by atoms with Crippen molar-refractivity contribution in [1.82, 2.24) is 4.98 Å². The van der Waals surface area contributed by atoms with Crippen LogP contribution in [0, 0.1) is 0 Å². The Morgan fingerprint density at radius 1 is 1.37 bits per heavy atom. The van der Waals surface area contributed by atoms with Crippen molar-refractivity contribution in [1.29, 1.82) is 0 Å². The van der Waals surface area contributed by atoms with Gasteiger partial charge in [-0.3, -0.25) is 0 Å². The molecule has 0 unspecified atom stereocenters. The van der Waals surface area contributed by atoms with Crippen LogP contribution in [-0.4, -0.2) is 18.2 Å². The predicted molar refractivity (Wildman–Crippen MR) is 69.8 cm³/mol. The molecular formula is C12H12F2N2O2S. The number of nitrogens with zero attached hydrogens (tertiary/aromatic N) is 1. The lowest BCUT2D eigenvalue weighted by atomic mass is 10.2. The lowest BCUT2D eigenvalue weighted by molar-refractivity contribution is -0.0514. The Hall–Kier alpha value is -1.89. The van der Waals surface area contributed by atoms with Crippen molar-refractivity contribution < 1.29 is 18.3 Å². The molecule has 0 aliphatic heterocycles. The van der Waals surface area contributed by atoms with Crippen LogP contribution >= 0.6 is 11.3 Å². The van der Waals surface area contributed by atoms with Gasteiger partial charge < -0.3 is 15.2 Å². The number of anilines is 1. The molecule has 0 spiro atoms. The molecule has 0 aliphatic carbocycles. The first-order valence-electron chi connectivity index (χ1n) is 5.53. The Balaban J connectivity index is 2.35. The monoisotopic (exact) mass is 286 g/mol. The summed E-state index contributed by atoms with van der Waals surface area (Å²) in [7, 11) is 0. The highest BCUT2D eigenvalue weighted by Crippen LogP contribution is 2.36. The van der Waals surface area contributed by atoms with Gasteiger partial charge in [-0.1, -0.05) is 11.3 Å². The van der Waals surface area contributed by atoms with Crippen LogP contribution in [0.4, 0.5) is 13.9 Å². The molecule has 0 atom stereocenters. The zero-order valence-electron chi connectivity index (χ0n) is 10.1. The molecule has 4 nitrogen and oxygen atoms in total. The van der Waals surface area contributed by atoms with E-state index < -0.39 is 6.61 Å². The third-order valence-electron chi connectivity index (χ3n) is 2.27. The van der Waals surface area contributed by atoms with Gasteiger partial charge >= 0.3 is 6.61 Å². The minimum Gasteiger partial charge on any atom is -0.490 e. The fourth-order valence-electron chi connectivity index (χ4n) is 1.54. The maximum atomic E-state index is 12.3. The summed E-state index contributed by atoms with van der Waals surface area (Å²) in [6.07, 6.45) is 1.62. The van der Waals surface area contributed by atoms with E-state index in [0.717, 1.165) is 10.4 Å². The number of ether oxygens (including phenoxy) is 2. The van der Waals surface area contributed by atoms with Gasteiger partial charge in [-0.25, -0.2) is 4.98 Å². The van der Waals surface area contributed by atoms with E-state index in [1.54, 1.807) is 25.3 Å². The van der Waals surface area contributed by atoms with Gasteiger partial charge in [-0.15, -0.1) is 0 Å². The van der Waals surface area contributed by atoms with Crippen LogP contribution in [0.2, 0.25) is 0 Å². The first-order chi connectivity index (χ1) is 9.10. The third-order valence-corrected chi connectivity index (χ3v) is 3.14. The second kappa shape index (κ2) is 5.83. The minimum absolute atomic E-state index is 0.0121. The Bertz CT molecular complexity index is 560. The molecule has 19 heavy (non-hydrogen) atoms. The number of rotatable bonds is 5. The number of thiazole rings is 1. The van der Waals surface area contributed by atoms with Crippen molar-refractivity contribution in [3.8, 4) is 21.9 Å². The topological polar surface area (TPSA) is 57.4 Å². The molecule has 7 heteroatoms. The summed E-state index contributed by atoms with van der Waals surface area (Å²) in [6, 6.07) is 4.74. The first-order valence-corrected chi connectivity index (χ1v) is 6.35. The van der Waals surface area contributed by atoms with Crippen LogP contribution in [0.1, 0.15) is 6.92 Å². The number of aromatic nitrogens is 1. The van der Waals surface area contributed by atoms with Gasteiger partial charge in [0.05, 0.1) is 11.5 Å². The first kappa shape index (κ1) is 13.5. The van der Waals surface area contributed by atoms with Gasteiger partial charge in [0.1, 0.15) is 0 Å². The lowest BCUT2D eigenvalue weighted by Gasteiger charge is -2.12. The summed E-state index contributed by atoms with van der Waals surface area (Å²) < 4.78 is 34.2. The van der Waals surface area contributed by atoms with Crippen LogP contribution < -0.4 is 15.2 Å². The van der Waals surface area contributed by atoms with Crippen LogP contribution in [0.5, 0.6) is 11.5 Å². The highest BCUT2D eigenvalue weighted by atomic mass is 32.1. The minimum atomic E-state index is -2.89. The van der Waals surface area contributed by atoms with Crippen molar-refractivity contribution >= 4 is 16.5 Å². The van der Waals surface area contributed by atoms with E-state index in [4.69, 9.17) is 10.5 Å². The summed E-state index contributed by atoms with van der Waals surface area (Å²) in [5.41, 5.74) is 6.35. The fraction of sp³-hybridized carbons (Fsp3) is 0.250. The number of alkyl halides is 2. The van der Waals surface area contributed by atoms with E-state index in [9.17, 15) is 8.78 Å². The summed E-state index contributed by atoms with van der Waals surface area (Å²) in [6.45, 7) is -0.763. The van der Waals surface area contributed by atoms with E-state index in [1.165, 1.54) is 17.4 Å². The van der Waals surface area contributed by atoms with Crippen molar-refractivity contribution in [3.63, 3.8) is 0 Å². The summed E-state index contributed by atoms with van der Waals surface area (Å²) >= 11 is 1.31. The molecule has 1 heterocycles. The summed E-state index contributed by atoms with van der Waals surface area (Å²) in [5.74, 6) is 0.283. The number of nitrogen functional groups attached to an aromatic ring is 1. The van der Waals surface area contributed by atoms with Crippen molar-refractivity contribution in [2.45, 2.75) is 13.5 Å². The van der Waals surface area contributed by atoms with Crippen molar-refractivity contribution in [2.75, 3.05) is 12.3 Å². The highest BCUT2D eigenvalue weighted by Gasteiger charge is 2.13. The molecule has 0 radical (unpaired) electrons. The number of halogens is 2. The smallest absolute Gasteiger partial charge is 0.387 e. The van der Waals surface area contributed by atoms with E-state index in [0.29, 0.717) is 11.7 Å². The van der Waals surface area contributed by atoms with Gasteiger partial charge in [0.2, 0.25) is 0 Å². The Labute approximate surface area is 112 Å². The van der Waals surface area contributed by atoms with Gasteiger partial charge in [0, 0.05) is 6.20 Å². The van der Waals surface area contributed by atoms with E-state index in [2.05, 4.69) is 9.72 Å². The van der Waals surface area contributed by atoms with Crippen LogP contribution in [0.25, 0.3) is 10.4 Å². The molecule has 2 N–H and O–H groups in total. The zero-order chi connectivity index (χ0) is 13.8. The van der Waals surface area contributed by atoms with Crippen molar-refractivity contribution in [3.05, 3.63) is 24.4 Å². The van der Waals surface area contributed by atoms with Gasteiger partial charge in [0.25, 0.3) is 0 Å². The molecule has 2 rings (SSSR count). The molecule has 1 aromatic carbocycles. The molecule has 102 valence electrons. The Morgan fingerprint density at radius 3 is 2.74 bits per heavy atom. The molecule has 2 aromatic rings. The maximum absolute atomic E-state index is 12.3. The molecule has 0 saturated carbocycles. The summed E-state index contributed by atoms with van der Waals surface area (Å²) in [4.78, 5) is 4.78. The standard InChI is InChI=1S/C12H12F2N2O2S/c1-2-17-9-5-7(10-6-16-12(15)19-10)3-4-8(9)18-11(13)14/h3-6,11H,2H2,1H3,(H2,15,16). The van der Waals surface area contributed by atoms with Crippen LogP contribution in [-0.2, 0) is 0 Å². The van der Waals surface area contributed by atoms with E-state index in [1.807, 2.05) is 0 Å². The second-order valence-corrected chi connectivity index (χ2v) is 4.60. The predicted octanol–water partition coefficient (Wildman–Crippen LogP) is 3.39. The summed E-state index contributed by atoms with van der Waals surface area (Å²) in [5, 5.41) is 0.445. The molecule has 0 aliphatic rings. The molecule has 0 bridgehead atoms. The zero-order valence-corrected chi connectivity index (χ0v) is 10.9. The quantitative estimate of drug-likeness (QED) is 0.915. The highest BCUT2D eigenvalue weighted by molar-refractivity contribution is 7.18. The number of nitrogens with two attached hydrogens (primary N) is 1. The molecule has 0 saturated heterocycles. The number of hydrogen-bond acceptors (Lipinski definition) is 5. The third kappa shape index (κ3) is 3.31. The van der Waals surface area contributed by atoms with Gasteiger partial charge in [-0.2, -0.15) is 8.78 Å². The molecule has 1 aromatic heterocycles. The number of hydrogen-bond donors (Lipinski definition) is 1. The van der Waals surface area contributed by atoms with E-state index in [-0.39, 0.29) is 11.5 Å². The van der Waals surface area contributed by atoms with Gasteiger partial charge in [0.15, 0.2) is 16.6 Å². The Morgan fingerprint density at radius 2 is 2.16 bits per heavy atom. The Kier molecular flexibility index (Phi) is 4.16. The average molecular weight is 286 g/mol. The molecule has 0 fully saturated rings. The van der Waals surface area contributed by atoms with Crippen molar-refractivity contribution in [2.24, 2.45) is 0 Å². The van der Waals surface area contributed by atoms with Crippen LogP contribution in [0.15, 0.2) is 24.4 Å². The fourth-order valence-corrected chi connectivity index (χ4v) is 2.22. The average Bonchev–Trinajstić information content (AvgIpc) is 2.78. The van der Waals surface area contributed by atoms with Crippen LogP contribution in [0.3, 0.4) is 0 Å². The second-order valence-electron chi connectivity index (χ2n) is 3.54. The number of benzene rings is 1. The lowest BCUT2D eigenvalue weighted by Crippen LogP contribution is -2.04. The molecule has 0 amide bonds.